The number of nitrogens with one attached hydrogen (secondary N) is 1. The minimum Gasteiger partial charge on any atom is -0.497 e. The van der Waals surface area contributed by atoms with Gasteiger partial charge in [-0.05, 0) is 89.4 Å². The average molecular weight is 594 g/mol. The molecule has 1 N–H and O–H groups in total. The predicted molar refractivity (Wildman–Crippen MR) is 167 cm³/mol. The molecule has 42 heavy (non-hydrogen) atoms. The Hall–Kier alpha value is -3.85. The summed E-state index contributed by atoms with van der Waals surface area (Å²) in [6, 6.07) is 18.4. The van der Waals surface area contributed by atoms with Crippen LogP contribution in [0, 0.1) is 20.8 Å². The Balaban J connectivity index is 2.10. The van der Waals surface area contributed by atoms with Crippen LogP contribution in [0.25, 0.3) is 0 Å². The number of carbonyl (C=O) groups is 2. The van der Waals surface area contributed by atoms with E-state index in [1.54, 1.807) is 49.6 Å². The van der Waals surface area contributed by atoms with Crippen LogP contribution in [0.2, 0.25) is 0 Å². The second-order valence-corrected chi connectivity index (χ2v) is 13.5. The third-order valence-corrected chi connectivity index (χ3v) is 8.68. The first-order chi connectivity index (χ1) is 19.7. The summed E-state index contributed by atoms with van der Waals surface area (Å²) in [7, 11) is -2.56. The van der Waals surface area contributed by atoms with Crippen molar-refractivity contribution in [3.8, 4) is 5.75 Å². The van der Waals surface area contributed by atoms with Crippen molar-refractivity contribution in [1.82, 2.24) is 10.2 Å². The Labute approximate surface area is 250 Å². The molecule has 226 valence electrons. The van der Waals surface area contributed by atoms with E-state index >= 15 is 0 Å². The molecule has 0 heterocycles. The normalized spacial score (nSPS) is 12.4. The Kier molecular flexibility index (Phi) is 10.4. The third kappa shape index (κ3) is 8.12. The first kappa shape index (κ1) is 32.7. The molecule has 3 aromatic carbocycles. The molecule has 2 amide bonds. The lowest BCUT2D eigenvalue weighted by atomic mass is 10.1. The smallest absolute Gasteiger partial charge is 0.264 e. The van der Waals surface area contributed by atoms with Crippen molar-refractivity contribution in [2.24, 2.45) is 0 Å². The molecule has 0 spiro atoms. The highest BCUT2D eigenvalue weighted by Crippen LogP contribution is 2.29. The van der Waals surface area contributed by atoms with Crippen LogP contribution in [0.1, 0.15) is 56.4 Å². The van der Waals surface area contributed by atoms with Gasteiger partial charge in [0.1, 0.15) is 18.3 Å². The minimum absolute atomic E-state index is 0.0834. The van der Waals surface area contributed by atoms with Gasteiger partial charge in [-0.25, -0.2) is 8.42 Å². The van der Waals surface area contributed by atoms with Gasteiger partial charge < -0.3 is 15.0 Å². The molecule has 0 saturated heterocycles. The molecule has 3 aromatic rings. The zero-order valence-corrected chi connectivity index (χ0v) is 26.7. The van der Waals surface area contributed by atoms with E-state index in [-0.39, 0.29) is 17.3 Å². The van der Waals surface area contributed by atoms with Crippen molar-refractivity contribution >= 4 is 27.5 Å². The van der Waals surface area contributed by atoms with E-state index in [4.69, 9.17) is 4.74 Å². The van der Waals surface area contributed by atoms with E-state index in [0.29, 0.717) is 17.9 Å². The standard InChI is InChI=1S/C33H43N3O5S/c1-9-29(32(38)34-33(5,6)7)35(21-26-13-15-27(41-8)16-14-26)31(37)22-36(30-19-12-24(3)20-25(30)4)42(39,40)28-17-10-23(2)11-18-28/h10-20,29H,9,21-22H2,1-8H3,(H,34,38)/t29-/m0/s1. The van der Waals surface area contributed by atoms with Crippen LogP contribution in [0.5, 0.6) is 5.75 Å². The first-order valence-corrected chi connectivity index (χ1v) is 15.5. The van der Waals surface area contributed by atoms with Crippen LogP contribution in [0.15, 0.2) is 71.6 Å². The van der Waals surface area contributed by atoms with E-state index in [9.17, 15) is 18.0 Å². The second kappa shape index (κ2) is 13.4. The molecule has 0 aliphatic heterocycles. The average Bonchev–Trinajstić information content (AvgIpc) is 2.91. The maximum Gasteiger partial charge on any atom is 0.264 e. The fraction of sp³-hybridized carbons (Fsp3) is 0.394. The van der Waals surface area contributed by atoms with Gasteiger partial charge in [0.05, 0.1) is 17.7 Å². The summed E-state index contributed by atoms with van der Waals surface area (Å²) in [5.41, 5.74) is 3.29. The molecule has 8 nitrogen and oxygen atoms in total. The SMILES string of the molecule is CC[C@@H](C(=O)NC(C)(C)C)N(Cc1ccc(OC)cc1)C(=O)CN(c1ccc(C)cc1C)S(=O)(=O)c1ccc(C)cc1. The lowest BCUT2D eigenvalue weighted by Gasteiger charge is -2.35. The lowest BCUT2D eigenvalue weighted by Crippen LogP contribution is -2.55. The molecule has 9 heteroatoms. The number of benzene rings is 3. The number of anilines is 1. The molecular weight excluding hydrogens is 550 g/mol. The highest BCUT2D eigenvalue weighted by molar-refractivity contribution is 7.92. The molecule has 3 rings (SSSR count). The number of hydrogen-bond acceptors (Lipinski definition) is 5. The zero-order chi connectivity index (χ0) is 31.2. The predicted octanol–water partition coefficient (Wildman–Crippen LogP) is 5.54. The molecular formula is C33H43N3O5S. The molecule has 0 radical (unpaired) electrons. The molecule has 0 bridgehead atoms. The van der Waals surface area contributed by atoms with Crippen LogP contribution >= 0.6 is 0 Å². The summed E-state index contributed by atoms with van der Waals surface area (Å²) in [4.78, 5) is 29.3. The highest BCUT2D eigenvalue weighted by atomic mass is 32.2. The van der Waals surface area contributed by atoms with Gasteiger partial charge in [-0.2, -0.15) is 0 Å². The minimum atomic E-state index is -4.13. The molecule has 0 saturated carbocycles. The number of rotatable bonds is 11. The monoisotopic (exact) mass is 593 g/mol. The van der Waals surface area contributed by atoms with E-state index in [1.165, 1.54) is 4.90 Å². The largest absolute Gasteiger partial charge is 0.497 e. The van der Waals surface area contributed by atoms with Gasteiger partial charge in [-0.15, -0.1) is 0 Å². The van der Waals surface area contributed by atoms with Crippen molar-refractivity contribution in [1.29, 1.82) is 0 Å². The Morgan fingerprint density at radius 3 is 2.02 bits per heavy atom. The zero-order valence-electron chi connectivity index (χ0n) is 25.9. The van der Waals surface area contributed by atoms with Crippen LogP contribution in [-0.2, 0) is 26.2 Å². The number of carbonyl (C=O) groups excluding carboxylic acids is 2. The van der Waals surface area contributed by atoms with E-state index in [0.717, 1.165) is 26.6 Å². The van der Waals surface area contributed by atoms with E-state index < -0.39 is 34.1 Å². The molecule has 0 aliphatic rings. The van der Waals surface area contributed by atoms with Crippen molar-refractivity contribution in [2.75, 3.05) is 18.0 Å². The molecule has 0 fully saturated rings. The van der Waals surface area contributed by atoms with Crippen LogP contribution in [0.3, 0.4) is 0 Å². The Morgan fingerprint density at radius 1 is 0.905 bits per heavy atom. The third-order valence-electron chi connectivity index (χ3n) is 6.90. The van der Waals surface area contributed by atoms with Gasteiger partial charge in [0.15, 0.2) is 0 Å². The van der Waals surface area contributed by atoms with E-state index in [1.807, 2.05) is 72.7 Å². The lowest BCUT2D eigenvalue weighted by molar-refractivity contribution is -0.141. The number of methoxy groups -OCH3 is 1. The van der Waals surface area contributed by atoms with Gasteiger partial charge in [-0.3, -0.25) is 13.9 Å². The summed E-state index contributed by atoms with van der Waals surface area (Å²) in [5, 5.41) is 2.99. The maximum atomic E-state index is 14.3. The van der Waals surface area contributed by atoms with Gasteiger partial charge >= 0.3 is 0 Å². The molecule has 0 aromatic heterocycles. The quantitative estimate of drug-likeness (QED) is 0.315. The summed E-state index contributed by atoms with van der Waals surface area (Å²) in [6.45, 7) is 12.7. The fourth-order valence-electron chi connectivity index (χ4n) is 4.74. The van der Waals surface area contributed by atoms with Crippen LogP contribution in [-0.4, -0.2) is 50.4 Å². The fourth-order valence-corrected chi connectivity index (χ4v) is 6.21. The maximum absolute atomic E-state index is 14.3. The van der Waals surface area contributed by atoms with Gasteiger partial charge in [0.2, 0.25) is 11.8 Å². The van der Waals surface area contributed by atoms with Crippen molar-refractivity contribution in [3.05, 3.63) is 89.0 Å². The van der Waals surface area contributed by atoms with Gasteiger partial charge in [0.25, 0.3) is 10.0 Å². The number of sulfonamides is 1. The molecule has 0 unspecified atom stereocenters. The van der Waals surface area contributed by atoms with E-state index in [2.05, 4.69) is 5.32 Å². The Bertz CT molecular complexity index is 1490. The van der Waals surface area contributed by atoms with Crippen LogP contribution < -0.4 is 14.4 Å². The molecule has 0 aliphatic carbocycles. The van der Waals surface area contributed by atoms with Crippen molar-refractivity contribution < 1.29 is 22.7 Å². The van der Waals surface area contributed by atoms with Gasteiger partial charge in [0, 0.05) is 12.1 Å². The summed E-state index contributed by atoms with van der Waals surface area (Å²) >= 11 is 0. The Morgan fingerprint density at radius 2 is 1.50 bits per heavy atom. The number of aryl methyl sites for hydroxylation is 3. The van der Waals surface area contributed by atoms with Crippen molar-refractivity contribution in [2.45, 2.75) is 77.9 Å². The first-order valence-electron chi connectivity index (χ1n) is 14.1. The molecule has 1 atom stereocenters. The highest BCUT2D eigenvalue weighted by Gasteiger charge is 2.35. The topological polar surface area (TPSA) is 96.0 Å². The van der Waals surface area contributed by atoms with Gasteiger partial charge in [-0.1, -0.05) is 54.4 Å². The second-order valence-electron chi connectivity index (χ2n) is 11.6. The number of hydrogen-bond donors (Lipinski definition) is 1. The number of nitrogens with zero attached hydrogens (tertiary/aromatic N) is 2. The summed E-state index contributed by atoms with van der Waals surface area (Å²) in [5.74, 6) is -0.122. The van der Waals surface area contributed by atoms with Crippen molar-refractivity contribution in [3.63, 3.8) is 0 Å². The number of ether oxygens (including phenoxy) is 1. The summed E-state index contributed by atoms with van der Waals surface area (Å²) < 4.78 is 34.6. The summed E-state index contributed by atoms with van der Waals surface area (Å²) in [6.07, 6.45) is 0.345. The number of amides is 2. The van der Waals surface area contributed by atoms with Crippen LogP contribution in [0.4, 0.5) is 5.69 Å².